The van der Waals surface area contributed by atoms with Crippen molar-refractivity contribution in [1.29, 1.82) is 0 Å². The van der Waals surface area contributed by atoms with E-state index in [0.717, 1.165) is 10.9 Å². The molecular weight excluding hydrogens is 333 g/mol. The van der Waals surface area contributed by atoms with Gasteiger partial charge in [0.15, 0.2) is 5.69 Å². The van der Waals surface area contributed by atoms with E-state index in [1.807, 2.05) is 0 Å². The topological polar surface area (TPSA) is 58.9 Å². The molecule has 0 saturated heterocycles. The summed E-state index contributed by atoms with van der Waals surface area (Å²) >= 11 is 0. The van der Waals surface area contributed by atoms with Gasteiger partial charge < -0.3 is 10.6 Å². The summed E-state index contributed by atoms with van der Waals surface area (Å²) in [5, 5.41) is 8.73. The number of para-hydroxylation sites is 1. The molecule has 2 aromatic rings. The van der Waals surface area contributed by atoms with E-state index in [1.54, 1.807) is 37.4 Å². The molecule has 0 bridgehead atoms. The van der Waals surface area contributed by atoms with Crippen LogP contribution in [0.25, 0.3) is 5.69 Å². The van der Waals surface area contributed by atoms with Gasteiger partial charge in [0.05, 0.1) is 11.3 Å². The van der Waals surface area contributed by atoms with Crippen molar-refractivity contribution in [2.45, 2.75) is 6.18 Å². The van der Waals surface area contributed by atoms with Gasteiger partial charge in [0.2, 0.25) is 0 Å². The van der Waals surface area contributed by atoms with Crippen LogP contribution in [0.15, 0.2) is 36.5 Å². The van der Waals surface area contributed by atoms with Crippen LogP contribution < -0.4 is 10.6 Å². The number of amides is 1. The van der Waals surface area contributed by atoms with Crippen LogP contribution in [0.5, 0.6) is 0 Å². The Morgan fingerprint density at radius 2 is 1.87 bits per heavy atom. The number of rotatable bonds is 5. The molecule has 1 heterocycles. The molecule has 126 valence electrons. The predicted molar refractivity (Wildman–Crippen MR) is 82.1 cm³/mol. The van der Waals surface area contributed by atoms with Crippen LogP contribution in [0.4, 0.5) is 13.2 Å². The van der Waals surface area contributed by atoms with Gasteiger partial charge in [-0.3, -0.25) is 4.79 Å². The summed E-state index contributed by atoms with van der Waals surface area (Å²) in [6.45, 7) is 0.684. The van der Waals surface area contributed by atoms with E-state index >= 15 is 0 Å². The zero-order chi connectivity index (χ0) is 16.2. The molecule has 2 rings (SSSR count). The zero-order valence-electron chi connectivity index (χ0n) is 12.2. The molecule has 0 saturated carbocycles. The van der Waals surface area contributed by atoms with Gasteiger partial charge in [0.1, 0.15) is 0 Å². The van der Waals surface area contributed by atoms with E-state index in [9.17, 15) is 18.0 Å². The largest absolute Gasteiger partial charge is 0.435 e. The Kier molecular flexibility index (Phi) is 6.59. The predicted octanol–water partition coefficient (Wildman–Crippen LogP) is 2.26. The van der Waals surface area contributed by atoms with Gasteiger partial charge >= 0.3 is 6.18 Å². The van der Waals surface area contributed by atoms with Gasteiger partial charge in [0.25, 0.3) is 5.91 Å². The summed E-state index contributed by atoms with van der Waals surface area (Å²) in [4.78, 5) is 11.9. The lowest BCUT2D eigenvalue weighted by Gasteiger charge is -2.06. The smallest absolute Gasteiger partial charge is 0.351 e. The molecule has 1 amide bonds. The molecule has 5 nitrogen and oxygen atoms in total. The van der Waals surface area contributed by atoms with Crippen LogP contribution in [-0.2, 0) is 6.18 Å². The van der Waals surface area contributed by atoms with Gasteiger partial charge in [-0.15, -0.1) is 12.4 Å². The lowest BCUT2D eigenvalue weighted by molar-refractivity contribution is -0.141. The SMILES string of the molecule is CNCCNC(=O)c1cn(-c2ccccc2)nc1C(F)(F)F.Cl. The summed E-state index contributed by atoms with van der Waals surface area (Å²) in [6.07, 6.45) is -3.61. The maximum atomic E-state index is 13.1. The second kappa shape index (κ2) is 7.98. The number of nitrogens with zero attached hydrogens (tertiary/aromatic N) is 2. The van der Waals surface area contributed by atoms with Crippen molar-refractivity contribution < 1.29 is 18.0 Å². The van der Waals surface area contributed by atoms with E-state index in [0.29, 0.717) is 12.2 Å². The number of nitrogens with one attached hydrogen (secondary N) is 2. The van der Waals surface area contributed by atoms with Crippen LogP contribution in [0.2, 0.25) is 0 Å². The molecule has 0 aliphatic heterocycles. The third-order valence-corrected chi connectivity index (χ3v) is 2.91. The van der Waals surface area contributed by atoms with Crippen molar-refractivity contribution in [2.75, 3.05) is 20.1 Å². The summed E-state index contributed by atoms with van der Waals surface area (Å²) in [6, 6.07) is 8.31. The van der Waals surface area contributed by atoms with E-state index in [4.69, 9.17) is 0 Å². The molecule has 2 N–H and O–H groups in total. The first-order chi connectivity index (χ1) is 10.4. The number of carbonyl (C=O) groups excluding carboxylic acids is 1. The fraction of sp³-hybridized carbons (Fsp3) is 0.286. The van der Waals surface area contributed by atoms with E-state index < -0.39 is 23.3 Å². The van der Waals surface area contributed by atoms with E-state index in [2.05, 4.69) is 15.7 Å². The van der Waals surface area contributed by atoms with E-state index in [-0.39, 0.29) is 19.0 Å². The molecule has 0 spiro atoms. The quantitative estimate of drug-likeness (QED) is 0.815. The Labute approximate surface area is 137 Å². The summed E-state index contributed by atoms with van der Waals surface area (Å²) < 4.78 is 40.2. The first-order valence-corrected chi connectivity index (χ1v) is 6.58. The van der Waals surface area contributed by atoms with E-state index in [1.165, 1.54) is 0 Å². The highest BCUT2D eigenvalue weighted by Gasteiger charge is 2.39. The van der Waals surface area contributed by atoms with Crippen molar-refractivity contribution >= 4 is 18.3 Å². The second-order valence-electron chi connectivity index (χ2n) is 4.53. The van der Waals surface area contributed by atoms with Crippen molar-refractivity contribution in [3.8, 4) is 5.69 Å². The molecule has 23 heavy (non-hydrogen) atoms. The lowest BCUT2D eigenvalue weighted by Crippen LogP contribution is -2.31. The average molecular weight is 349 g/mol. The molecule has 1 aromatic heterocycles. The van der Waals surface area contributed by atoms with Crippen LogP contribution in [0, 0.1) is 0 Å². The van der Waals surface area contributed by atoms with Gasteiger partial charge in [0, 0.05) is 19.3 Å². The highest BCUT2D eigenvalue weighted by Crippen LogP contribution is 2.31. The van der Waals surface area contributed by atoms with Crippen LogP contribution >= 0.6 is 12.4 Å². The normalized spacial score (nSPS) is 11.0. The molecule has 0 radical (unpaired) electrons. The fourth-order valence-corrected chi connectivity index (χ4v) is 1.86. The standard InChI is InChI=1S/C14H15F3N4O.ClH/c1-18-7-8-19-13(22)11-9-21(10-5-3-2-4-6-10)20-12(11)14(15,16)17;/h2-6,9,18H,7-8H2,1H3,(H,19,22);1H. The van der Waals surface area contributed by atoms with Gasteiger partial charge in [-0.1, -0.05) is 18.2 Å². The Morgan fingerprint density at radius 1 is 1.22 bits per heavy atom. The van der Waals surface area contributed by atoms with Crippen molar-refractivity contribution in [1.82, 2.24) is 20.4 Å². The minimum atomic E-state index is -4.70. The Bertz CT molecular complexity index is 643. The number of halogens is 4. The molecule has 0 aliphatic carbocycles. The van der Waals surface area contributed by atoms with Crippen molar-refractivity contribution in [3.05, 3.63) is 47.8 Å². The second-order valence-corrected chi connectivity index (χ2v) is 4.53. The minimum Gasteiger partial charge on any atom is -0.351 e. The first kappa shape index (κ1) is 19.0. The monoisotopic (exact) mass is 348 g/mol. The fourth-order valence-electron chi connectivity index (χ4n) is 1.86. The van der Waals surface area contributed by atoms with Crippen molar-refractivity contribution in [3.63, 3.8) is 0 Å². The van der Waals surface area contributed by atoms with Gasteiger partial charge in [-0.05, 0) is 19.2 Å². The maximum Gasteiger partial charge on any atom is 0.435 e. The average Bonchev–Trinajstić information content (AvgIpc) is 2.94. The molecule has 0 fully saturated rings. The Balaban J connectivity index is 0.00000264. The molecule has 1 aromatic carbocycles. The lowest BCUT2D eigenvalue weighted by atomic mass is 10.2. The number of carbonyl (C=O) groups is 1. The highest BCUT2D eigenvalue weighted by molar-refractivity contribution is 5.95. The molecule has 0 aliphatic rings. The number of hydrogen-bond donors (Lipinski definition) is 2. The van der Waals surface area contributed by atoms with Crippen LogP contribution in [-0.4, -0.2) is 35.8 Å². The summed E-state index contributed by atoms with van der Waals surface area (Å²) in [7, 11) is 1.68. The number of aromatic nitrogens is 2. The minimum absolute atomic E-state index is 0. The third-order valence-electron chi connectivity index (χ3n) is 2.91. The Hall–Kier alpha value is -2.06. The maximum absolute atomic E-state index is 13.1. The molecule has 0 unspecified atom stereocenters. The number of likely N-dealkylation sites (N-methyl/N-ethyl adjacent to an activating group) is 1. The number of alkyl halides is 3. The third kappa shape index (κ3) is 4.70. The molecule has 9 heteroatoms. The van der Waals surface area contributed by atoms with Crippen LogP contribution in [0.1, 0.15) is 16.1 Å². The van der Waals surface area contributed by atoms with Gasteiger partial charge in [-0.25, -0.2) is 4.68 Å². The number of benzene rings is 1. The molecule has 0 atom stereocenters. The van der Waals surface area contributed by atoms with Crippen molar-refractivity contribution in [2.24, 2.45) is 0 Å². The number of hydrogen-bond acceptors (Lipinski definition) is 3. The Morgan fingerprint density at radius 3 is 2.43 bits per heavy atom. The summed E-state index contributed by atoms with van der Waals surface area (Å²) in [5.41, 5.74) is -1.24. The zero-order valence-corrected chi connectivity index (χ0v) is 13.0. The first-order valence-electron chi connectivity index (χ1n) is 6.58. The van der Waals surface area contributed by atoms with Crippen LogP contribution in [0.3, 0.4) is 0 Å². The van der Waals surface area contributed by atoms with Gasteiger partial charge in [-0.2, -0.15) is 18.3 Å². The highest BCUT2D eigenvalue weighted by atomic mass is 35.5. The molecular formula is C14H16ClF3N4O. The summed E-state index contributed by atoms with van der Waals surface area (Å²) in [5.74, 6) is -0.801.